The maximum absolute atomic E-state index is 12.8. The molecular weight excluding hydrogens is 757 g/mol. The molecule has 0 aromatic heterocycles. The number of hydrogen-bond acceptors (Lipinski definition) is 6. The van der Waals surface area contributed by atoms with Gasteiger partial charge in [0.2, 0.25) is 0 Å². The quantitative estimate of drug-likeness (QED) is 0.0344. The number of carbonyl (C=O) groups excluding carboxylic acids is 3. The number of esters is 3. The van der Waals surface area contributed by atoms with Gasteiger partial charge in [-0.2, -0.15) is 0 Å². The van der Waals surface area contributed by atoms with Crippen molar-refractivity contribution in [2.75, 3.05) is 13.2 Å². The molecule has 0 aliphatic carbocycles. The van der Waals surface area contributed by atoms with Crippen LogP contribution in [0.25, 0.3) is 0 Å². The van der Waals surface area contributed by atoms with E-state index >= 15 is 0 Å². The Balaban J connectivity index is 4.18. The van der Waals surface area contributed by atoms with E-state index in [-0.39, 0.29) is 31.1 Å². The number of ether oxygens (including phenoxy) is 3. The third-order valence-corrected chi connectivity index (χ3v) is 12.8. The lowest BCUT2D eigenvalue weighted by Crippen LogP contribution is -2.30. The van der Waals surface area contributed by atoms with Gasteiger partial charge >= 0.3 is 17.9 Å². The van der Waals surface area contributed by atoms with Gasteiger partial charge in [0.1, 0.15) is 13.2 Å². The fourth-order valence-corrected chi connectivity index (χ4v) is 8.31. The van der Waals surface area contributed by atoms with Crippen LogP contribution in [0.5, 0.6) is 0 Å². The Hall–Kier alpha value is -1.59. The Morgan fingerprint density at radius 1 is 0.344 bits per heavy atom. The van der Waals surface area contributed by atoms with Gasteiger partial charge in [-0.05, 0) is 31.1 Å². The third kappa shape index (κ3) is 47.7. The second-order valence-electron chi connectivity index (χ2n) is 19.6. The summed E-state index contributed by atoms with van der Waals surface area (Å²) in [5.74, 6) is 0.869. The highest BCUT2D eigenvalue weighted by Gasteiger charge is 2.19. The lowest BCUT2D eigenvalue weighted by molar-refractivity contribution is -0.167. The molecule has 0 saturated heterocycles. The number of rotatable bonds is 49. The van der Waals surface area contributed by atoms with Crippen LogP contribution in [0.4, 0.5) is 0 Å². The van der Waals surface area contributed by atoms with E-state index in [2.05, 4.69) is 34.6 Å². The summed E-state index contributed by atoms with van der Waals surface area (Å²) in [7, 11) is 0. The van der Waals surface area contributed by atoms with Crippen LogP contribution in [-0.2, 0) is 28.6 Å². The van der Waals surface area contributed by atoms with E-state index < -0.39 is 6.10 Å². The van der Waals surface area contributed by atoms with Gasteiger partial charge < -0.3 is 14.2 Å². The van der Waals surface area contributed by atoms with Gasteiger partial charge in [0, 0.05) is 19.3 Å². The summed E-state index contributed by atoms with van der Waals surface area (Å²) in [6.45, 7) is 11.4. The van der Waals surface area contributed by atoms with E-state index in [4.69, 9.17) is 14.2 Å². The summed E-state index contributed by atoms with van der Waals surface area (Å²) in [5, 5.41) is 0. The minimum Gasteiger partial charge on any atom is -0.462 e. The van der Waals surface area contributed by atoms with Crippen molar-refractivity contribution < 1.29 is 28.6 Å². The van der Waals surface area contributed by atoms with E-state index in [0.29, 0.717) is 19.3 Å². The van der Waals surface area contributed by atoms with Crippen LogP contribution in [0.15, 0.2) is 0 Å². The van der Waals surface area contributed by atoms with Crippen molar-refractivity contribution >= 4 is 17.9 Å². The van der Waals surface area contributed by atoms with E-state index in [0.717, 1.165) is 69.6 Å². The molecule has 0 aliphatic rings. The summed E-state index contributed by atoms with van der Waals surface area (Å²) in [6.07, 6.45) is 49.5. The molecule has 0 radical (unpaired) electrons. The van der Waals surface area contributed by atoms with Gasteiger partial charge in [-0.1, -0.05) is 266 Å². The predicted octanol–water partition coefficient (Wildman–Crippen LogP) is 17.7. The van der Waals surface area contributed by atoms with Crippen molar-refractivity contribution in [2.45, 2.75) is 310 Å². The molecule has 362 valence electrons. The van der Waals surface area contributed by atoms with Crippen LogP contribution in [0.1, 0.15) is 304 Å². The van der Waals surface area contributed by atoms with Gasteiger partial charge in [-0.3, -0.25) is 14.4 Å². The summed E-state index contributed by atoms with van der Waals surface area (Å²) >= 11 is 0. The molecule has 0 aliphatic heterocycles. The molecule has 6 heteroatoms. The predicted molar refractivity (Wildman–Crippen MR) is 261 cm³/mol. The zero-order valence-corrected chi connectivity index (χ0v) is 41.8. The molecule has 2 atom stereocenters. The van der Waals surface area contributed by atoms with E-state index in [1.807, 2.05) is 0 Å². The molecule has 6 nitrogen and oxygen atoms in total. The zero-order chi connectivity index (χ0) is 44.7. The average Bonchev–Trinajstić information content (AvgIpc) is 3.24. The highest BCUT2D eigenvalue weighted by Crippen LogP contribution is 2.18. The monoisotopic (exact) mass is 863 g/mol. The number of unbranched alkanes of at least 4 members (excludes halogenated alkanes) is 33. The Morgan fingerprint density at radius 3 is 0.934 bits per heavy atom. The largest absolute Gasteiger partial charge is 0.462 e. The fourth-order valence-electron chi connectivity index (χ4n) is 8.31. The summed E-state index contributed by atoms with van der Waals surface area (Å²) < 4.78 is 16.8. The van der Waals surface area contributed by atoms with Gasteiger partial charge in [0.25, 0.3) is 0 Å². The van der Waals surface area contributed by atoms with Crippen LogP contribution >= 0.6 is 0 Å². The van der Waals surface area contributed by atoms with Gasteiger partial charge in [-0.25, -0.2) is 0 Å². The zero-order valence-electron chi connectivity index (χ0n) is 41.8. The van der Waals surface area contributed by atoms with Crippen LogP contribution in [0.2, 0.25) is 0 Å². The maximum atomic E-state index is 12.8. The average molecular weight is 863 g/mol. The van der Waals surface area contributed by atoms with E-state index in [9.17, 15) is 14.4 Å². The van der Waals surface area contributed by atoms with Crippen LogP contribution in [0.3, 0.4) is 0 Å². The van der Waals surface area contributed by atoms with Crippen molar-refractivity contribution in [3.8, 4) is 0 Å². The van der Waals surface area contributed by atoms with Crippen LogP contribution in [0, 0.1) is 11.8 Å². The Labute approximate surface area is 380 Å². The first-order valence-corrected chi connectivity index (χ1v) is 27.3. The maximum Gasteiger partial charge on any atom is 0.306 e. The van der Waals surface area contributed by atoms with E-state index in [1.165, 1.54) is 193 Å². The molecule has 0 spiro atoms. The minimum atomic E-state index is -0.761. The molecular formula is C55H106O6. The lowest BCUT2D eigenvalue weighted by atomic mass is 9.99. The smallest absolute Gasteiger partial charge is 0.306 e. The first-order chi connectivity index (χ1) is 29.8. The second-order valence-corrected chi connectivity index (χ2v) is 19.6. The molecule has 0 bridgehead atoms. The first kappa shape index (κ1) is 59.4. The van der Waals surface area contributed by atoms with Crippen molar-refractivity contribution in [3.05, 3.63) is 0 Å². The Bertz CT molecular complexity index is 933. The molecule has 0 N–H and O–H groups in total. The van der Waals surface area contributed by atoms with Crippen molar-refractivity contribution in [1.29, 1.82) is 0 Å². The number of carbonyl (C=O) groups is 3. The summed E-state index contributed by atoms with van der Waals surface area (Å²) in [4.78, 5) is 37.9. The molecule has 0 heterocycles. The van der Waals surface area contributed by atoms with Gasteiger partial charge in [0.05, 0.1) is 0 Å². The molecule has 1 unspecified atom stereocenters. The van der Waals surface area contributed by atoms with Crippen LogP contribution in [-0.4, -0.2) is 37.2 Å². The van der Waals surface area contributed by atoms with Crippen molar-refractivity contribution in [3.63, 3.8) is 0 Å². The van der Waals surface area contributed by atoms with Crippen LogP contribution < -0.4 is 0 Å². The van der Waals surface area contributed by atoms with E-state index in [1.54, 1.807) is 0 Å². The molecule has 0 saturated carbocycles. The van der Waals surface area contributed by atoms with Crippen molar-refractivity contribution in [1.82, 2.24) is 0 Å². The standard InChI is InChI=1S/C55H106O6/c1-6-8-9-10-11-23-30-35-40-45-53(56)59-48-52(49-60-54(57)46-41-36-31-27-22-24-28-33-38-43-50(3)4)61-55(58)47-42-37-32-26-21-19-17-15-13-12-14-16-18-20-25-29-34-39-44-51(5)7-2/h50-52H,6-49H2,1-5H3/t51?,52-/m0/s1. The topological polar surface area (TPSA) is 78.9 Å². The normalized spacial score (nSPS) is 12.5. The molecule has 0 amide bonds. The molecule has 0 aromatic carbocycles. The Morgan fingerprint density at radius 2 is 0.623 bits per heavy atom. The summed E-state index contributed by atoms with van der Waals surface area (Å²) in [6, 6.07) is 0. The van der Waals surface area contributed by atoms with Gasteiger partial charge in [-0.15, -0.1) is 0 Å². The lowest BCUT2D eigenvalue weighted by Gasteiger charge is -2.18. The first-order valence-electron chi connectivity index (χ1n) is 27.3. The number of hydrogen-bond donors (Lipinski definition) is 0. The molecule has 0 aromatic rings. The highest BCUT2D eigenvalue weighted by atomic mass is 16.6. The van der Waals surface area contributed by atoms with Crippen molar-refractivity contribution in [2.24, 2.45) is 11.8 Å². The molecule has 0 fully saturated rings. The highest BCUT2D eigenvalue weighted by molar-refractivity contribution is 5.71. The fraction of sp³-hybridized carbons (Fsp3) is 0.945. The third-order valence-electron chi connectivity index (χ3n) is 12.8. The minimum absolute atomic E-state index is 0.0639. The SMILES string of the molecule is CCCCCCCCCCCC(=O)OC[C@@H](COC(=O)CCCCCCCCCCCC(C)C)OC(=O)CCCCCCCCCCCCCCCCCCCCC(C)CC. The molecule has 61 heavy (non-hydrogen) atoms. The summed E-state index contributed by atoms with van der Waals surface area (Å²) in [5.41, 5.74) is 0. The van der Waals surface area contributed by atoms with Gasteiger partial charge in [0.15, 0.2) is 6.10 Å². The Kier molecular flexibility index (Phi) is 46.6. The molecule has 0 rings (SSSR count). The second kappa shape index (κ2) is 47.9.